The van der Waals surface area contributed by atoms with Gasteiger partial charge in [0.2, 0.25) is 10.0 Å². The van der Waals surface area contributed by atoms with Gasteiger partial charge < -0.3 is 5.32 Å². The van der Waals surface area contributed by atoms with Gasteiger partial charge in [0.15, 0.2) is 0 Å². The summed E-state index contributed by atoms with van der Waals surface area (Å²) in [7, 11) is -0.622. The van der Waals surface area contributed by atoms with Crippen molar-refractivity contribution in [2.24, 2.45) is 0 Å². The van der Waals surface area contributed by atoms with Crippen molar-refractivity contribution >= 4 is 33.0 Å². The predicted octanol–water partition coefficient (Wildman–Crippen LogP) is 4.84. The van der Waals surface area contributed by atoms with Crippen LogP contribution in [0.3, 0.4) is 0 Å². The molecule has 3 rings (SSSR count). The van der Waals surface area contributed by atoms with Crippen LogP contribution >= 0.6 is 11.3 Å². The predicted molar refractivity (Wildman–Crippen MR) is 119 cm³/mol. The number of benzene rings is 2. The molecule has 0 aliphatic carbocycles. The largest absolute Gasteiger partial charge is 0.321 e. The fourth-order valence-electron chi connectivity index (χ4n) is 2.94. The molecule has 7 heteroatoms. The van der Waals surface area contributed by atoms with Gasteiger partial charge in [-0.3, -0.25) is 4.79 Å². The number of anilines is 1. The second-order valence-electron chi connectivity index (χ2n) is 7.18. The Bertz CT molecular complexity index is 1160. The number of carbonyl (C=O) groups is 1. The molecule has 0 fully saturated rings. The Morgan fingerprint density at radius 1 is 1.00 bits per heavy atom. The summed E-state index contributed by atoms with van der Waals surface area (Å²) in [6, 6.07) is 13.1. The molecule has 0 atom stereocenters. The van der Waals surface area contributed by atoms with E-state index in [2.05, 4.69) is 5.32 Å². The van der Waals surface area contributed by atoms with E-state index in [1.807, 2.05) is 56.5 Å². The first-order chi connectivity index (χ1) is 13.6. The third kappa shape index (κ3) is 4.27. The zero-order valence-electron chi connectivity index (χ0n) is 17.1. The Balaban J connectivity index is 1.98. The average molecular weight is 429 g/mol. The summed E-state index contributed by atoms with van der Waals surface area (Å²) in [4.78, 5) is 13.8. The van der Waals surface area contributed by atoms with E-state index >= 15 is 0 Å². The van der Waals surface area contributed by atoms with Crippen molar-refractivity contribution in [3.05, 3.63) is 69.4 Å². The smallest absolute Gasteiger partial charge is 0.266 e. The molecule has 0 saturated heterocycles. The van der Waals surface area contributed by atoms with Crippen LogP contribution in [-0.2, 0) is 10.0 Å². The molecule has 152 valence electrons. The lowest BCUT2D eigenvalue weighted by atomic mass is 10.0. The number of carbonyl (C=O) groups excluding carboxylic acids is 1. The van der Waals surface area contributed by atoms with E-state index in [4.69, 9.17) is 0 Å². The summed E-state index contributed by atoms with van der Waals surface area (Å²) < 4.78 is 26.3. The molecule has 29 heavy (non-hydrogen) atoms. The molecule has 3 aromatic rings. The molecule has 1 N–H and O–H groups in total. The van der Waals surface area contributed by atoms with E-state index in [9.17, 15) is 13.2 Å². The van der Waals surface area contributed by atoms with Crippen LogP contribution in [0.1, 0.15) is 26.4 Å². The van der Waals surface area contributed by atoms with Crippen LogP contribution in [0, 0.1) is 20.8 Å². The number of sulfonamides is 1. The van der Waals surface area contributed by atoms with Crippen LogP contribution in [0.5, 0.6) is 0 Å². The molecular formula is C22H24N2O3S2. The summed E-state index contributed by atoms with van der Waals surface area (Å²) in [5.41, 5.74) is 5.12. The minimum atomic E-state index is -3.60. The van der Waals surface area contributed by atoms with E-state index in [-0.39, 0.29) is 10.8 Å². The molecule has 0 unspecified atom stereocenters. The number of aryl methyl sites for hydroxylation is 2. The van der Waals surface area contributed by atoms with Crippen molar-refractivity contribution < 1.29 is 13.2 Å². The van der Waals surface area contributed by atoms with E-state index in [0.29, 0.717) is 10.6 Å². The highest BCUT2D eigenvalue weighted by Gasteiger charge is 2.21. The molecule has 0 radical (unpaired) electrons. The number of nitrogens with one attached hydrogen (secondary N) is 1. The van der Waals surface area contributed by atoms with E-state index in [1.54, 1.807) is 6.07 Å². The van der Waals surface area contributed by atoms with Gasteiger partial charge in [0.05, 0.1) is 9.77 Å². The number of amides is 1. The summed E-state index contributed by atoms with van der Waals surface area (Å²) >= 11 is 1.36. The maximum Gasteiger partial charge on any atom is 0.266 e. The second kappa shape index (κ2) is 8.10. The summed E-state index contributed by atoms with van der Waals surface area (Å²) in [6.45, 7) is 5.72. The van der Waals surface area contributed by atoms with Crippen LogP contribution in [0.2, 0.25) is 0 Å². The quantitative estimate of drug-likeness (QED) is 0.632. The van der Waals surface area contributed by atoms with Crippen LogP contribution in [0.4, 0.5) is 5.69 Å². The Hall–Kier alpha value is -2.48. The monoisotopic (exact) mass is 428 g/mol. The van der Waals surface area contributed by atoms with Gasteiger partial charge in [0.1, 0.15) is 0 Å². The van der Waals surface area contributed by atoms with Crippen LogP contribution in [0.25, 0.3) is 11.1 Å². The average Bonchev–Trinajstić information content (AvgIpc) is 3.15. The van der Waals surface area contributed by atoms with Gasteiger partial charge in [0, 0.05) is 25.3 Å². The van der Waals surface area contributed by atoms with E-state index in [0.717, 1.165) is 32.1 Å². The number of rotatable bonds is 5. The normalized spacial score (nSPS) is 11.7. The molecule has 0 saturated carbocycles. The van der Waals surface area contributed by atoms with Gasteiger partial charge in [-0.25, -0.2) is 12.7 Å². The third-order valence-electron chi connectivity index (χ3n) is 4.90. The van der Waals surface area contributed by atoms with E-state index in [1.165, 1.54) is 31.5 Å². The van der Waals surface area contributed by atoms with Gasteiger partial charge in [0.25, 0.3) is 5.91 Å². The van der Waals surface area contributed by atoms with Gasteiger partial charge in [-0.1, -0.05) is 29.8 Å². The first-order valence-electron chi connectivity index (χ1n) is 9.11. The number of hydrogen-bond donors (Lipinski definition) is 1. The van der Waals surface area contributed by atoms with Gasteiger partial charge in [-0.15, -0.1) is 11.3 Å². The maximum absolute atomic E-state index is 13.0. The molecule has 1 aromatic heterocycles. The summed E-state index contributed by atoms with van der Waals surface area (Å²) in [5.74, 6) is -0.252. The number of hydrogen-bond acceptors (Lipinski definition) is 4. The van der Waals surface area contributed by atoms with Crippen molar-refractivity contribution in [1.82, 2.24) is 4.31 Å². The van der Waals surface area contributed by atoms with Crippen LogP contribution < -0.4 is 5.32 Å². The van der Waals surface area contributed by atoms with Gasteiger partial charge in [-0.2, -0.15) is 0 Å². The minimum Gasteiger partial charge on any atom is -0.321 e. The van der Waals surface area contributed by atoms with Crippen molar-refractivity contribution in [3.63, 3.8) is 0 Å². The number of nitrogens with zero attached hydrogens (tertiary/aromatic N) is 1. The molecule has 2 aromatic carbocycles. The van der Waals surface area contributed by atoms with Crippen molar-refractivity contribution in [2.45, 2.75) is 25.7 Å². The fourth-order valence-corrected chi connectivity index (χ4v) is 4.77. The first-order valence-corrected chi connectivity index (χ1v) is 11.4. The molecular weight excluding hydrogens is 404 g/mol. The Morgan fingerprint density at radius 3 is 2.28 bits per heavy atom. The Labute approximate surface area is 176 Å². The van der Waals surface area contributed by atoms with Crippen molar-refractivity contribution in [1.29, 1.82) is 0 Å². The minimum absolute atomic E-state index is 0.158. The number of thiophene rings is 1. The molecule has 0 bridgehead atoms. The highest BCUT2D eigenvalue weighted by molar-refractivity contribution is 7.89. The summed E-state index contributed by atoms with van der Waals surface area (Å²) in [5, 5.41) is 4.80. The second-order valence-corrected chi connectivity index (χ2v) is 10.3. The Kier molecular flexibility index (Phi) is 5.93. The van der Waals surface area contributed by atoms with Crippen molar-refractivity contribution in [2.75, 3.05) is 19.4 Å². The first kappa shape index (κ1) is 21.2. The topological polar surface area (TPSA) is 66.5 Å². The van der Waals surface area contributed by atoms with E-state index < -0.39 is 10.0 Å². The standard InChI is InChI=1S/C22H24N2O3S2/c1-14-6-8-17(9-7-14)19-10-11-28-21(19)22(25)23-20-13-18(12-15(2)16(20)3)29(26,27)24(4)5/h6-13H,1-5H3,(H,23,25). The lowest BCUT2D eigenvalue weighted by Crippen LogP contribution is -2.23. The molecule has 0 aliphatic heterocycles. The third-order valence-corrected chi connectivity index (χ3v) is 7.61. The fraction of sp³-hybridized carbons (Fsp3) is 0.227. The van der Waals surface area contributed by atoms with Crippen LogP contribution in [-0.4, -0.2) is 32.7 Å². The molecule has 0 aliphatic rings. The highest BCUT2D eigenvalue weighted by atomic mass is 32.2. The summed E-state index contributed by atoms with van der Waals surface area (Å²) in [6.07, 6.45) is 0. The van der Waals surface area contributed by atoms with Gasteiger partial charge in [-0.05, 0) is 61.0 Å². The molecule has 1 heterocycles. The molecule has 5 nitrogen and oxygen atoms in total. The highest BCUT2D eigenvalue weighted by Crippen LogP contribution is 2.31. The molecule has 1 amide bonds. The van der Waals surface area contributed by atoms with Gasteiger partial charge >= 0.3 is 0 Å². The van der Waals surface area contributed by atoms with Crippen LogP contribution in [0.15, 0.2) is 52.7 Å². The molecule has 0 spiro atoms. The lowest BCUT2D eigenvalue weighted by molar-refractivity contribution is 0.103. The van der Waals surface area contributed by atoms with Crippen molar-refractivity contribution in [3.8, 4) is 11.1 Å². The maximum atomic E-state index is 13.0. The Morgan fingerprint density at radius 2 is 1.66 bits per heavy atom. The zero-order chi connectivity index (χ0) is 21.3. The lowest BCUT2D eigenvalue weighted by Gasteiger charge is -2.16. The zero-order valence-corrected chi connectivity index (χ0v) is 18.7. The SMILES string of the molecule is Cc1ccc(-c2ccsc2C(=O)Nc2cc(S(=O)(=O)N(C)C)cc(C)c2C)cc1.